The molecule has 0 aliphatic carbocycles. The summed E-state index contributed by atoms with van der Waals surface area (Å²) in [5.41, 5.74) is 0. The van der Waals surface area contributed by atoms with Crippen molar-refractivity contribution in [2.75, 3.05) is 18.1 Å². The van der Waals surface area contributed by atoms with Crippen molar-refractivity contribution in [2.45, 2.75) is 33.6 Å². The zero-order chi connectivity index (χ0) is 10.8. The van der Waals surface area contributed by atoms with Crippen molar-refractivity contribution in [1.82, 2.24) is 5.32 Å². The van der Waals surface area contributed by atoms with Gasteiger partial charge in [-0.2, -0.15) is 0 Å². The molecule has 0 saturated heterocycles. The smallest absolute Gasteiger partial charge is 0.219 e. The molecule has 0 aromatic carbocycles. The number of amides is 1. The molecule has 0 aromatic heterocycles. The number of carbonyl (C=O) groups is 1. The third kappa shape index (κ3) is 10.3. The lowest BCUT2D eigenvalue weighted by Gasteiger charge is -2.04. The van der Waals surface area contributed by atoms with Gasteiger partial charge in [0, 0.05) is 24.5 Å². The zero-order valence-electron chi connectivity index (χ0n) is 9.34. The average Bonchev–Trinajstić information content (AvgIpc) is 2.15. The van der Waals surface area contributed by atoms with E-state index >= 15 is 0 Å². The van der Waals surface area contributed by atoms with Gasteiger partial charge in [0.05, 0.1) is 0 Å². The van der Waals surface area contributed by atoms with Gasteiger partial charge in [-0.25, -0.2) is 0 Å². The lowest BCUT2D eigenvalue weighted by Crippen LogP contribution is -2.24. The fourth-order valence-corrected chi connectivity index (χ4v) is 2.99. The normalized spacial score (nSPS) is 10.6. The number of rotatable bonds is 8. The van der Waals surface area contributed by atoms with Gasteiger partial charge in [-0.05, 0) is 12.3 Å². The first-order chi connectivity index (χ1) is 6.66. The highest BCUT2D eigenvalue weighted by molar-refractivity contribution is 8.76. The summed E-state index contributed by atoms with van der Waals surface area (Å²) in [4.78, 5) is 10.9. The maximum absolute atomic E-state index is 10.9. The summed E-state index contributed by atoms with van der Waals surface area (Å²) in [6, 6.07) is 0. The van der Waals surface area contributed by atoms with E-state index in [0.29, 0.717) is 6.42 Å². The Labute approximate surface area is 95.4 Å². The largest absolute Gasteiger partial charge is 0.355 e. The molecule has 0 bridgehead atoms. The molecular weight excluding hydrogens is 214 g/mol. The van der Waals surface area contributed by atoms with Crippen LogP contribution in [-0.4, -0.2) is 24.0 Å². The minimum atomic E-state index is 0.151. The van der Waals surface area contributed by atoms with Crippen LogP contribution < -0.4 is 5.32 Å². The van der Waals surface area contributed by atoms with E-state index < -0.39 is 0 Å². The van der Waals surface area contributed by atoms with Crippen LogP contribution in [0.1, 0.15) is 33.6 Å². The maximum atomic E-state index is 10.9. The predicted octanol–water partition coefficient (Wildman–Crippen LogP) is 2.94. The average molecular weight is 235 g/mol. The Hall–Kier alpha value is 0.170. The number of nitrogens with one attached hydrogen (secondary N) is 1. The number of carbonyl (C=O) groups excluding carboxylic acids is 1. The summed E-state index contributed by atoms with van der Waals surface area (Å²) in [6.45, 7) is 7.16. The second kappa shape index (κ2) is 9.71. The Morgan fingerprint density at radius 3 is 2.50 bits per heavy atom. The third-order valence-electron chi connectivity index (χ3n) is 1.69. The Morgan fingerprint density at radius 2 is 1.93 bits per heavy atom. The van der Waals surface area contributed by atoms with Gasteiger partial charge in [0.2, 0.25) is 5.91 Å². The van der Waals surface area contributed by atoms with Crippen LogP contribution in [0.25, 0.3) is 0 Å². The molecule has 0 fully saturated rings. The van der Waals surface area contributed by atoms with Crippen LogP contribution in [0, 0.1) is 5.92 Å². The molecule has 0 aliphatic rings. The van der Waals surface area contributed by atoms with E-state index in [2.05, 4.69) is 19.2 Å². The van der Waals surface area contributed by atoms with Gasteiger partial charge in [-0.1, -0.05) is 42.4 Å². The van der Waals surface area contributed by atoms with E-state index in [0.717, 1.165) is 18.2 Å². The standard InChI is InChI=1S/C10H21NOS2/c1-4-10(12)11-6-8-14-13-7-5-9(2)3/h9H,4-8H2,1-3H3,(H,11,12). The fourth-order valence-electron chi connectivity index (χ4n) is 0.759. The van der Waals surface area contributed by atoms with Crippen LogP contribution in [-0.2, 0) is 4.79 Å². The predicted molar refractivity (Wildman–Crippen MR) is 67.7 cm³/mol. The number of hydrogen-bond acceptors (Lipinski definition) is 3. The van der Waals surface area contributed by atoms with Crippen LogP contribution in [0.3, 0.4) is 0 Å². The topological polar surface area (TPSA) is 29.1 Å². The summed E-state index contributed by atoms with van der Waals surface area (Å²) in [5.74, 6) is 3.17. The van der Waals surface area contributed by atoms with Crippen LogP contribution in [0.2, 0.25) is 0 Å². The molecule has 0 rings (SSSR count). The molecular formula is C10H21NOS2. The zero-order valence-corrected chi connectivity index (χ0v) is 11.0. The molecule has 14 heavy (non-hydrogen) atoms. The molecule has 4 heteroatoms. The fraction of sp³-hybridized carbons (Fsp3) is 0.900. The van der Waals surface area contributed by atoms with Crippen molar-refractivity contribution in [3.8, 4) is 0 Å². The van der Waals surface area contributed by atoms with Crippen molar-refractivity contribution in [2.24, 2.45) is 5.92 Å². The molecule has 0 spiro atoms. The van der Waals surface area contributed by atoms with Crippen molar-refractivity contribution in [3.05, 3.63) is 0 Å². The molecule has 0 aliphatic heterocycles. The highest BCUT2D eigenvalue weighted by Gasteiger charge is 1.97. The first kappa shape index (κ1) is 14.2. The lowest BCUT2D eigenvalue weighted by molar-refractivity contribution is -0.120. The molecule has 0 atom stereocenters. The lowest BCUT2D eigenvalue weighted by atomic mass is 10.2. The van der Waals surface area contributed by atoms with Crippen LogP contribution in [0.4, 0.5) is 0 Å². The molecule has 84 valence electrons. The Morgan fingerprint density at radius 1 is 1.29 bits per heavy atom. The summed E-state index contributed by atoms with van der Waals surface area (Å²) >= 11 is 0. The second-order valence-corrected chi connectivity index (χ2v) is 6.23. The number of hydrogen-bond donors (Lipinski definition) is 1. The van der Waals surface area contributed by atoms with Gasteiger partial charge in [-0.3, -0.25) is 4.79 Å². The summed E-state index contributed by atoms with van der Waals surface area (Å²) in [7, 11) is 3.76. The summed E-state index contributed by atoms with van der Waals surface area (Å²) < 4.78 is 0. The molecule has 1 N–H and O–H groups in total. The van der Waals surface area contributed by atoms with E-state index in [-0.39, 0.29) is 5.91 Å². The van der Waals surface area contributed by atoms with Crippen LogP contribution in [0.15, 0.2) is 0 Å². The van der Waals surface area contributed by atoms with E-state index in [1.165, 1.54) is 12.2 Å². The van der Waals surface area contributed by atoms with Crippen molar-refractivity contribution >= 4 is 27.5 Å². The third-order valence-corrected chi connectivity index (χ3v) is 4.13. The van der Waals surface area contributed by atoms with Crippen molar-refractivity contribution in [3.63, 3.8) is 0 Å². The SMILES string of the molecule is CCC(=O)NCCSSCCC(C)C. The van der Waals surface area contributed by atoms with Crippen LogP contribution >= 0.6 is 21.6 Å². The van der Waals surface area contributed by atoms with Gasteiger partial charge in [0.15, 0.2) is 0 Å². The molecule has 0 radical (unpaired) electrons. The van der Waals surface area contributed by atoms with Crippen molar-refractivity contribution < 1.29 is 4.79 Å². The van der Waals surface area contributed by atoms with E-state index in [4.69, 9.17) is 0 Å². The minimum Gasteiger partial charge on any atom is -0.355 e. The molecule has 0 unspecified atom stereocenters. The summed E-state index contributed by atoms with van der Waals surface area (Å²) in [6.07, 6.45) is 1.87. The van der Waals surface area contributed by atoms with E-state index in [1.54, 1.807) is 0 Å². The van der Waals surface area contributed by atoms with Crippen LogP contribution in [0.5, 0.6) is 0 Å². The monoisotopic (exact) mass is 235 g/mol. The first-order valence-electron chi connectivity index (χ1n) is 5.18. The van der Waals surface area contributed by atoms with Gasteiger partial charge >= 0.3 is 0 Å². The molecule has 0 saturated carbocycles. The van der Waals surface area contributed by atoms with Crippen molar-refractivity contribution in [1.29, 1.82) is 0 Å². The first-order valence-corrected chi connectivity index (χ1v) is 7.66. The molecule has 0 aromatic rings. The minimum absolute atomic E-state index is 0.151. The Bertz CT molecular complexity index is 151. The molecule has 1 amide bonds. The highest BCUT2D eigenvalue weighted by Crippen LogP contribution is 2.22. The van der Waals surface area contributed by atoms with E-state index in [1.807, 2.05) is 28.5 Å². The Kier molecular flexibility index (Phi) is 9.83. The quantitative estimate of drug-likeness (QED) is 0.518. The summed E-state index contributed by atoms with van der Waals surface area (Å²) in [5, 5.41) is 2.86. The Balaban J connectivity index is 3.03. The van der Waals surface area contributed by atoms with Gasteiger partial charge in [0.25, 0.3) is 0 Å². The molecule has 0 heterocycles. The van der Waals surface area contributed by atoms with Gasteiger partial charge in [-0.15, -0.1) is 0 Å². The van der Waals surface area contributed by atoms with Gasteiger partial charge < -0.3 is 5.32 Å². The maximum Gasteiger partial charge on any atom is 0.219 e. The second-order valence-electron chi connectivity index (χ2n) is 3.53. The highest BCUT2D eigenvalue weighted by atomic mass is 33.1. The molecule has 2 nitrogen and oxygen atoms in total. The van der Waals surface area contributed by atoms with Gasteiger partial charge in [0.1, 0.15) is 0 Å². The van der Waals surface area contributed by atoms with E-state index in [9.17, 15) is 4.79 Å².